The van der Waals surface area contributed by atoms with Gasteiger partial charge in [-0.1, -0.05) is 27.7 Å². The van der Waals surface area contributed by atoms with E-state index in [-0.39, 0.29) is 18.0 Å². The first-order chi connectivity index (χ1) is 11.1. The highest BCUT2D eigenvalue weighted by Gasteiger charge is 2.23. The van der Waals surface area contributed by atoms with Crippen molar-refractivity contribution in [3.8, 4) is 6.07 Å². The van der Waals surface area contributed by atoms with Gasteiger partial charge in [0.15, 0.2) is 12.4 Å². The molecular formula is C19H26N2O3. The van der Waals surface area contributed by atoms with Crippen molar-refractivity contribution in [3.63, 3.8) is 0 Å². The molecule has 0 atom stereocenters. The van der Waals surface area contributed by atoms with Gasteiger partial charge in [0.05, 0.1) is 0 Å². The van der Waals surface area contributed by atoms with E-state index in [0.717, 1.165) is 29.9 Å². The number of ether oxygens (including phenoxy) is 1. The van der Waals surface area contributed by atoms with Gasteiger partial charge in [0.25, 0.3) is 0 Å². The molecule has 0 aromatic carbocycles. The fraction of sp³-hybridized carbons (Fsp3) is 0.526. The van der Waals surface area contributed by atoms with Crippen molar-refractivity contribution < 1.29 is 14.3 Å². The summed E-state index contributed by atoms with van der Waals surface area (Å²) in [5.74, 6) is -0.954. The normalized spacial score (nSPS) is 12.0. The number of nitriles is 1. The summed E-state index contributed by atoms with van der Waals surface area (Å²) in [7, 11) is 0. The Morgan fingerprint density at radius 1 is 1.33 bits per heavy atom. The fourth-order valence-electron chi connectivity index (χ4n) is 2.26. The Bertz CT molecular complexity index is 697. The lowest BCUT2D eigenvalue weighted by Crippen LogP contribution is -2.26. The lowest BCUT2D eigenvalue weighted by Gasteiger charge is -2.15. The molecule has 1 rings (SSSR count). The number of carbonyl (C=O) groups is 2. The summed E-state index contributed by atoms with van der Waals surface area (Å²) in [5.41, 5.74) is 2.21. The maximum absolute atomic E-state index is 12.1. The first kappa shape index (κ1) is 19.7. The number of rotatable bonds is 6. The quantitative estimate of drug-likeness (QED) is 0.454. The highest BCUT2D eigenvalue weighted by atomic mass is 16.5. The van der Waals surface area contributed by atoms with Crippen LogP contribution in [0.25, 0.3) is 6.08 Å². The highest BCUT2D eigenvalue weighted by Crippen LogP contribution is 2.19. The van der Waals surface area contributed by atoms with Crippen LogP contribution in [0, 0.1) is 30.6 Å². The summed E-state index contributed by atoms with van der Waals surface area (Å²) in [6.07, 6.45) is 2.53. The summed E-state index contributed by atoms with van der Waals surface area (Å²) in [6, 6.07) is 3.81. The number of aryl methyl sites for hydroxylation is 1. The third-order valence-corrected chi connectivity index (χ3v) is 3.87. The molecule has 130 valence electrons. The van der Waals surface area contributed by atoms with Crippen molar-refractivity contribution in [2.45, 2.75) is 54.5 Å². The molecular weight excluding hydrogens is 304 g/mol. The average molecular weight is 330 g/mol. The zero-order valence-corrected chi connectivity index (χ0v) is 15.4. The molecule has 24 heavy (non-hydrogen) atoms. The Labute approximate surface area is 143 Å². The molecule has 0 aliphatic rings. The van der Waals surface area contributed by atoms with E-state index in [1.54, 1.807) is 20.8 Å². The van der Waals surface area contributed by atoms with E-state index in [1.165, 1.54) is 6.08 Å². The smallest absolute Gasteiger partial charge is 0.349 e. The van der Waals surface area contributed by atoms with E-state index in [1.807, 2.05) is 26.0 Å². The lowest BCUT2D eigenvalue weighted by molar-refractivity contribution is -0.146. The van der Waals surface area contributed by atoms with Crippen molar-refractivity contribution in [3.05, 3.63) is 28.6 Å². The number of esters is 1. The summed E-state index contributed by atoms with van der Waals surface area (Å²) in [4.78, 5) is 23.9. The van der Waals surface area contributed by atoms with E-state index >= 15 is 0 Å². The van der Waals surface area contributed by atoms with E-state index in [2.05, 4.69) is 11.5 Å². The SMILES string of the molecule is CCCn1c(C)cc(/C=C(\C#N)C(=O)OCC(=O)C(C)(C)C)c1C. The number of ketones is 1. The summed E-state index contributed by atoms with van der Waals surface area (Å²) in [5, 5.41) is 9.24. The van der Waals surface area contributed by atoms with E-state index in [9.17, 15) is 14.9 Å². The van der Waals surface area contributed by atoms with Crippen LogP contribution in [0.4, 0.5) is 0 Å². The van der Waals surface area contributed by atoms with Crippen LogP contribution in [0.1, 0.15) is 51.1 Å². The zero-order valence-electron chi connectivity index (χ0n) is 15.4. The van der Waals surface area contributed by atoms with Crippen LogP contribution in [0.3, 0.4) is 0 Å². The van der Waals surface area contributed by atoms with Crippen molar-refractivity contribution in [2.24, 2.45) is 5.41 Å². The number of aromatic nitrogens is 1. The second-order valence-corrected chi connectivity index (χ2v) is 6.90. The van der Waals surface area contributed by atoms with Crippen molar-refractivity contribution >= 4 is 17.8 Å². The second-order valence-electron chi connectivity index (χ2n) is 6.90. The van der Waals surface area contributed by atoms with Crippen molar-refractivity contribution in [2.75, 3.05) is 6.61 Å². The van der Waals surface area contributed by atoms with Gasteiger partial charge in [0.2, 0.25) is 0 Å². The Kier molecular flexibility index (Phi) is 6.53. The monoisotopic (exact) mass is 330 g/mol. The highest BCUT2D eigenvalue weighted by molar-refractivity contribution is 5.99. The van der Waals surface area contributed by atoms with Crippen LogP contribution in [-0.2, 0) is 20.9 Å². The summed E-state index contributed by atoms with van der Waals surface area (Å²) in [6.45, 7) is 11.9. The first-order valence-electron chi connectivity index (χ1n) is 8.10. The average Bonchev–Trinajstić information content (AvgIpc) is 2.76. The Hall–Kier alpha value is -2.35. The third kappa shape index (κ3) is 4.82. The predicted octanol–water partition coefficient (Wildman–Crippen LogP) is 3.58. The van der Waals surface area contributed by atoms with E-state index in [0.29, 0.717) is 0 Å². The number of nitrogens with zero attached hydrogens (tertiary/aromatic N) is 2. The van der Waals surface area contributed by atoms with Gasteiger partial charge in [0, 0.05) is 23.3 Å². The van der Waals surface area contributed by atoms with Crippen LogP contribution in [0.5, 0.6) is 0 Å². The molecule has 0 aliphatic heterocycles. The molecule has 0 saturated heterocycles. The van der Waals surface area contributed by atoms with Gasteiger partial charge >= 0.3 is 5.97 Å². The van der Waals surface area contributed by atoms with E-state index in [4.69, 9.17) is 4.74 Å². The number of Topliss-reactive ketones (excluding diaryl/α,β-unsaturated/α-hetero) is 1. The van der Waals surface area contributed by atoms with Crippen LogP contribution in [0.2, 0.25) is 0 Å². The van der Waals surface area contributed by atoms with Gasteiger partial charge in [-0.15, -0.1) is 0 Å². The molecule has 1 heterocycles. The second kappa shape index (κ2) is 7.96. The van der Waals surface area contributed by atoms with Crippen molar-refractivity contribution in [1.82, 2.24) is 4.57 Å². The van der Waals surface area contributed by atoms with Gasteiger partial charge in [-0.05, 0) is 38.0 Å². The summed E-state index contributed by atoms with van der Waals surface area (Å²) >= 11 is 0. The Morgan fingerprint density at radius 3 is 2.46 bits per heavy atom. The third-order valence-electron chi connectivity index (χ3n) is 3.87. The minimum atomic E-state index is -0.768. The first-order valence-corrected chi connectivity index (χ1v) is 8.10. The minimum absolute atomic E-state index is 0.103. The standard InChI is InChI=1S/C19H26N2O3/c1-7-8-21-13(2)9-15(14(21)3)10-16(11-20)18(23)24-12-17(22)19(4,5)6/h9-10H,7-8,12H2,1-6H3/b16-10+. The van der Waals surface area contributed by atoms with E-state index < -0.39 is 11.4 Å². The lowest BCUT2D eigenvalue weighted by atomic mass is 9.91. The molecule has 0 bridgehead atoms. The molecule has 0 N–H and O–H groups in total. The molecule has 0 unspecified atom stereocenters. The maximum Gasteiger partial charge on any atom is 0.349 e. The Morgan fingerprint density at radius 2 is 1.96 bits per heavy atom. The van der Waals surface area contributed by atoms with Gasteiger partial charge in [-0.3, -0.25) is 4.79 Å². The number of hydrogen-bond donors (Lipinski definition) is 0. The number of hydrogen-bond acceptors (Lipinski definition) is 4. The number of carbonyl (C=O) groups excluding carboxylic acids is 2. The molecule has 0 saturated carbocycles. The molecule has 1 aromatic heterocycles. The fourth-order valence-corrected chi connectivity index (χ4v) is 2.26. The topological polar surface area (TPSA) is 72.1 Å². The predicted molar refractivity (Wildman–Crippen MR) is 93.2 cm³/mol. The summed E-state index contributed by atoms with van der Waals surface area (Å²) < 4.78 is 7.14. The molecule has 5 heteroatoms. The van der Waals surface area contributed by atoms with Gasteiger partial charge in [-0.2, -0.15) is 5.26 Å². The van der Waals surface area contributed by atoms with Gasteiger partial charge in [-0.25, -0.2) is 4.79 Å². The molecule has 5 nitrogen and oxygen atoms in total. The van der Waals surface area contributed by atoms with Crippen molar-refractivity contribution in [1.29, 1.82) is 5.26 Å². The van der Waals surface area contributed by atoms with Crippen LogP contribution in [0.15, 0.2) is 11.6 Å². The van der Waals surface area contributed by atoms with Crippen LogP contribution >= 0.6 is 0 Å². The molecule has 0 fully saturated rings. The zero-order chi connectivity index (χ0) is 18.5. The van der Waals surface area contributed by atoms with Gasteiger partial charge < -0.3 is 9.30 Å². The molecule has 0 aliphatic carbocycles. The maximum atomic E-state index is 12.1. The largest absolute Gasteiger partial charge is 0.454 e. The Balaban J connectivity index is 2.96. The molecule has 0 amide bonds. The molecule has 0 radical (unpaired) electrons. The molecule has 0 spiro atoms. The van der Waals surface area contributed by atoms with Crippen LogP contribution < -0.4 is 0 Å². The van der Waals surface area contributed by atoms with Gasteiger partial charge in [0.1, 0.15) is 11.6 Å². The minimum Gasteiger partial charge on any atom is -0.454 e. The molecule has 1 aromatic rings. The van der Waals surface area contributed by atoms with Crippen LogP contribution in [-0.4, -0.2) is 22.9 Å².